The minimum Gasteiger partial charge on any atom is -0.491 e. The molecule has 2 saturated heterocycles. The molecule has 0 amide bonds. The van der Waals surface area contributed by atoms with Crippen molar-refractivity contribution < 1.29 is 27.6 Å². The van der Waals surface area contributed by atoms with Crippen LogP contribution in [-0.2, 0) is 38.2 Å². The maximum Gasteiger partial charge on any atom is 0.342 e. The number of rotatable bonds is 13. The standard InChI is InChI=1S/C26H31Cl2N5O3.C8H13N3O4S/c1-19(2)31-9-11-32(12-10-31)21-4-6-22(7-5-21)34-14-23-15-35-26(36-23,16-33-18-29-17-30-33)24-8-3-20(27)13-25(24)28;1-3-16(14,15)5-4-10-7(2)9-6-8(10)11(12)13/h3-8,13,17-19,23H,9-12,14-16H2,1-2H3;6H,3-5H2,1-2H3/t23-,26-;/m0./s1. The Balaban J connectivity index is 0.000000275. The Morgan fingerprint density at radius 2 is 1.85 bits per heavy atom. The first-order valence-electron chi connectivity index (χ1n) is 17.0. The largest absolute Gasteiger partial charge is 0.491 e. The fraction of sp³-hybridized carbons (Fsp3) is 0.500. The van der Waals surface area contributed by atoms with E-state index in [-0.39, 0.29) is 30.0 Å². The zero-order valence-corrected chi connectivity index (χ0v) is 31.9. The van der Waals surface area contributed by atoms with Gasteiger partial charge in [-0.1, -0.05) is 36.2 Å². The van der Waals surface area contributed by atoms with Crippen LogP contribution in [0.4, 0.5) is 11.5 Å². The molecule has 0 saturated carbocycles. The van der Waals surface area contributed by atoms with Gasteiger partial charge in [-0.2, -0.15) is 5.10 Å². The monoisotopic (exact) mass is 778 g/mol. The maximum absolute atomic E-state index is 11.3. The quantitative estimate of drug-likeness (QED) is 0.132. The molecule has 2 aromatic carbocycles. The molecule has 15 nitrogen and oxygen atoms in total. The summed E-state index contributed by atoms with van der Waals surface area (Å²) in [5.74, 6) is -0.134. The van der Waals surface area contributed by atoms with Crippen molar-refractivity contribution >= 4 is 44.5 Å². The zero-order chi connectivity index (χ0) is 37.5. The Hall–Kier alpha value is -3.80. The number of ether oxygens (including phenoxy) is 3. The predicted octanol–water partition coefficient (Wildman–Crippen LogP) is 5.00. The lowest BCUT2D eigenvalue weighted by Gasteiger charge is -2.38. The molecule has 2 aliphatic rings. The topological polar surface area (TPSA) is 160 Å². The highest BCUT2D eigenvalue weighted by Crippen LogP contribution is 2.40. The van der Waals surface area contributed by atoms with Crippen LogP contribution in [-0.4, -0.2) is 106 Å². The Morgan fingerprint density at radius 1 is 1.12 bits per heavy atom. The highest BCUT2D eigenvalue weighted by atomic mass is 35.5. The Bertz CT molecular complexity index is 1890. The Kier molecular flexibility index (Phi) is 13.1. The van der Waals surface area contributed by atoms with Crippen molar-refractivity contribution in [3.63, 3.8) is 0 Å². The second-order valence-electron chi connectivity index (χ2n) is 12.8. The lowest BCUT2D eigenvalue weighted by Crippen LogP contribution is -2.48. The van der Waals surface area contributed by atoms with Crippen LogP contribution < -0.4 is 9.64 Å². The van der Waals surface area contributed by atoms with Gasteiger partial charge in [0.15, 0.2) is 15.7 Å². The summed E-state index contributed by atoms with van der Waals surface area (Å²) in [5.41, 5.74) is 1.91. The van der Waals surface area contributed by atoms with Crippen LogP contribution in [0.25, 0.3) is 0 Å². The average Bonchev–Trinajstić information content (AvgIpc) is 3.88. The van der Waals surface area contributed by atoms with E-state index >= 15 is 0 Å². The molecule has 52 heavy (non-hydrogen) atoms. The summed E-state index contributed by atoms with van der Waals surface area (Å²) >= 11 is 12.7. The summed E-state index contributed by atoms with van der Waals surface area (Å²) in [5, 5.41) is 15.8. The van der Waals surface area contributed by atoms with Crippen LogP contribution in [0.2, 0.25) is 10.0 Å². The van der Waals surface area contributed by atoms with Gasteiger partial charge < -0.3 is 29.2 Å². The molecule has 2 aliphatic heterocycles. The summed E-state index contributed by atoms with van der Waals surface area (Å²) in [6.07, 6.45) is 3.94. The molecular formula is C34H44Cl2N8O7S. The van der Waals surface area contributed by atoms with Gasteiger partial charge in [0, 0.05) is 61.2 Å². The van der Waals surface area contributed by atoms with Crippen molar-refractivity contribution in [2.75, 3.05) is 55.8 Å². The number of piperazine rings is 1. The number of aryl methyl sites for hydroxylation is 1. The van der Waals surface area contributed by atoms with Gasteiger partial charge in [-0.05, 0) is 55.2 Å². The molecule has 282 valence electrons. The van der Waals surface area contributed by atoms with E-state index in [2.05, 4.69) is 50.8 Å². The van der Waals surface area contributed by atoms with E-state index < -0.39 is 20.5 Å². The fourth-order valence-corrected chi connectivity index (χ4v) is 7.28. The van der Waals surface area contributed by atoms with Crippen molar-refractivity contribution in [1.29, 1.82) is 0 Å². The van der Waals surface area contributed by atoms with Crippen LogP contribution in [0.5, 0.6) is 5.75 Å². The molecule has 4 aromatic rings. The van der Waals surface area contributed by atoms with Gasteiger partial charge in [0.05, 0.1) is 17.4 Å². The van der Waals surface area contributed by atoms with Crippen molar-refractivity contribution in [3.05, 3.63) is 92.9 Å². The van der Waals surface area contributed by atoms with Gasteiger partial charge in [0.2, 0.25) is 5.79 Å². The van der Waals surface area contributed by atoms with Crippen LogP contribution >= 0.6 is 23.2 Å². The van der Waals surface area contributed by atoms with Crippen LogP contribution in [0.15, 0.2) is 61.3 Å². The molecule has 0 radical (unpaired) electrons. The number of nitrogens with zero attached hydrogens (tertiary/aromatic N) is 8. The zero-order valence-electron chi connectivity index (χ0n) is 29.6. The van der Waals surface area contributed by atoms with Gasteiger partial charge in [0.1, 0.15) is 50.4 Å². The van der Waals surface area contributed by atoms with Crippen LogP contribution in [0.3, 0.4) is 0 Å². The minimum atomic E-state index is -3.13. The number of nitro groups is 1. The molecule has 18 heteroatoms. The first-order valence-corrected chi connectivity index (χ1v) is 19.6. The lowest BCUT2D eigenvalue weighted by atomic mass is 10.1. The van der Waals surface area contributed by atoms with Crippen molar-refractivity contribution in [1.82, 2.24) is 29.2 Å². The summed E-state index contributed by atoms with van der Waals surface area (Å²) < 4.78 is 44.2. The Labute approximate surface area is 313 Å². The molecular weight excluding hydrogens is 735 g/mol. The Morgan fingerprint density at radius 3 is 2.46 bits per heavy atom. The van der Waals surface area contributed by atoms with E-state index in [1.807, 2.05) is 18.2 Å². The maximum atomic E-state index is 11.3. The highest BCUT2D eigenvalue weighted by molar-refractivity contribution is 7.91. The highest BCUT2D eigenvalue weighted by Gasteiger charge is 2.45. The number of halogens is 2. The van der Waals surface area contributed by atoms with Crippen molar-refractivity contribution in [3.8, 4) is 5.75 Å². The third-order valence-corrected chi connectivity index (χ3v) is 11.2. The van der Waals surface area contributed by atoms with Crippen molar-refractivity contribution in [2.45, 2.75) is 58.7 Å². The first kappa shape index (κ1) is 39.4. The van der Waals surface area contributed by atoms with Gasteiger partial charge in [-0.15, -0.1) is 0 Å². The van der Waals surface area contributed by atoms with E-state index in [1.165, 1.54) is 16.6 Å². The first-order chi connectivity index (χ1) is 24.8. The van der Waals surface area contributed by atoms with Gasteiger partial charge >= 0.3 is 5.82 Å². The van der Waals surface area contributed by atoms with Crippen LogP contribution in [0, 0.1) is 17.0 Å². The molecule has 4 heterocycles. The summed E-state index contributed by atoms with van der Waals surface area (Å²) in [6.45, 7) is 13.0. The number of sulfone groups is 1. The number of benzene rings is 2. The minimum absolute atomic E-state index is 0.0363. The molecule has 0 aliphatic carbocycles. The number of hydrogen-bond acceptors (Lipinski definition) is 12. The number of anilines is 1. The van der Waals surface area contributed by atoms with Gasteiger partial charge in [-0.3, -0.25) is 4.90 Å². The predicted molar refractivity (Wildman–Crippen MR) is 198 cm³/mol. The molecule has 0 spiro atoms. The summed E-state index contributed by atoms with van der Waals surface area (Å²) in [4.78, 5) is 22.8. The SMILES string of the molecule is CC(C)N1CCN(c2ccc(OC[C@H]3CO[C@](Cn4cncn4)(c4ccc(Cl)cc4Cl)O3)cc2)CC1.CCS(=O)(=O)CCn1c([N+](=O)[O-])cnc1C. The number of aromatic nitrogens is 5. The van der Waals surface area contributed by atoms with Crippen molar-refractivity contribution in [2.24, 2.45) is 0 Å². The van der Waals surface area contributed by atoms with E-state index in [0.717, 1.165) is 38.1 Å². The molecule has 2 fully saturated rings. The van der Waals surface area contributed by atoms with Gasteiger partial charge in [-0.25, -0.2) is 27.6 Å². The fourth-order valence-electron chi connectivity index (χ4n) is 5.97. The molecule has 0 bridgehead atoms. The van der Waals surface area contributed by atoms with E-state index in [1.54, 1.807) is 37.0 Å². The second-order valence-corrected chi connectivity index (χ2v) is 16.1. The molecule has 2 aromatic heterocycles. The summed E-state index contributed by atoms with van der Waals surface area (Å²) in [7, 11) is -3.13. The second kappa shape index (κ2) is 17.4. The number of hydrogen-bond donors (Lipinski definition) is 0. The normalized spacial score (nSPS) is 19.4. The average molecular weight is 780 g/mol. The lowest BCUT2D eigenvalue weighted by molar-refractivity contribution is -0.392. The molecule has 6 rings (SSSR count). The van der Waals surface area contributed by atoms with E-state index in [9.17, 15) is 18.5 Å². The van der Waals surface area contributed by atoms with Crippen LogP contribution in [0.1, 0.15) is 32.2 Å². The van der Waals surface area contributed by atoms with E-state index in [0.29, 0.717) is 47.2 Å². The third kappa shape index (κ3) is 9.99. The third-order valence-electron chi connectivity index (χ3n) is 9.01. The molecule has 2 atom stereocenters. The number of imidazole rings is 1. The molecule has 0 N–H and O–H groups in total. The molecule has 0 unspecified atom stereocenters. The van der Waals surface area contributed by atoms with E-state index in [4.69, 9.17) is 37.4 Å². The van der Waals surface area contributed by atoms with Gasteiger partial charge in [0.25, 0.3) is 0 Å². The summed E-state index contributed by atoms with van der Waals surface area (Å²) in [6, 6.07) is 14.1. The smallest absolute Gasteiger partial charge is 0.342 e.